The molecule has 0 saturated heterocycles. The highest BCUT2D eigenvalue weighted by Crippen LogP contribution is 2.23. The van der Waals surface area contributed by atoms with Gasteiger partial charge in [0, 0.05) is 0 Å². The third-order valence-corrected chi connectivity index (χ3v) is 5.96. The Morgan fingerprint density at radius 3 is 2.38 bits per heavy atom. The number of benzene rings is 1. The minimum Gasteiger partial charge on any atom is -0.468 e. The largest absolute Gasteiger partial charge is 0.468 e. The second-order valence-electron chi connectivity index (χ2n) is 5.13. The molecule has 10 heteroatoms. The van der Waals surface area contributed by atoms with Crippen molar-refractivity contribution in [3.05, 3.63) is 52.0 Å². The predicted octanol–water partition coefficient (Wildman–Crippen LogP) is 1.74. The molecular weight excluding hydrogens is 385 g/mol. The Labute approximate surface area is 153 Å². The van der Waals surface area contributed by atoms with Gasteiger partial charge in [0.2, 0.25) is 10.0 Å². The maximum absolute atomic E-state index is 13.0. The molecule has 0 spiro atoms. The third kappa shape index (κ3) is 4.65. The molecule has 7 nitrogen and oxygen atoms in total. The molecule has 26 heavy (non-hydrogen) atoms. The Balaban J connectivity index is 2.30. The molecule has 0 aliphatic rings. The average molecular weight is 401 g/mol. The molecule has 1 heterocycles. The number of sulfonamides is 1. The molecule has 1 unspecified atom stereocenters. The minimum atomic E-state index is -4.20. The molecule has 0 aliphatic carbocycles. The molecule has 0 fully saturated rings. The summed E-state index contributed by atoms with van der Waals surface area (Å²) in [7, 11) is -1.94. The van der Waals surface area contributed by atoms with Gasteiger partial charge in [0.15, 0.2) is 0 Å². The molecule has 1 N–H and O–H groups in total. The van der Waals surface area contributed by atoms with Gasteiger partial charge >= 0.3 is 11.9 Å². The van der Waals surface area contributed by atoms with Gasteiger partial charge in [0.25, 0.3) is 0 Å². The zero-order valence-electron chi connectivity index (χ0n) is 13.9. The second kappa shape index (κ2) is 8.39. The summed E-state index contributed by atoms with van der Waals surface area (Å²) in [4.78, 5) is 23.3. The monoisotopic (exact) mass is 401 g/mol. The van der Waals surface area contributed by atoms with Crippen molar-refractivity contribution >= 4 is 33.3 Å². The third-order valence-electron chi connectivity index (χ3n) is 3.43. The number of carbonyl (C=O) groups excluding carboxylic acids is 2. The Morgan fingerprint density at radius 2 is 1.81 bits per heavy atom. The first-order valence-corrected chi connectivity index (χ1v) is 9.65. The Bertz CT molecular complexity index is 892. The highest BCUT2D eigenvalue weighted by Gasteiger charge is 2.30. The Hall–Kier alpha value is -2.30. The molecule has 0 bridgehead atoms. The number of rotatable bonds is 7. The molecule has 1 atom stereocenters. The normalized spacial score (nSPS) is 12.4. The van der Waals surface area contributed by atoms with E-state index in [4.69, 9.17) is 0 Å². The Morgan fingerprint density at radius 1 is 1.15 bits per heavy atom. The van der Waals surface area contributed by atoms with E-state index in [-0.39, 0.29) is 16.2 Å². The second-order valence-corrected chi connectivity index (χ2v) is 7.73. The molecule has 1 aromatic heterocycles. The van der Waals surface area contributed by atoms with E-state index in [1.807, 2.05) is 0 Å². The van der Waals surface area contributed by atoms with Crippen LogP contribution < -0.4 is 4.72 Å². The van der Waals surface area contributed by atoms with Gasteiger partial charge in [-0.25, -0.2) is 17.6 Å². The molecule has 0 radical (unpaired) electrons. The number of nitrogens with one attached hydrogen (secondary N) is 1. The number of hydrogen-bond donors (Lipinski definition) is 1. The van der Waals surface area contributed by atoms with Gasteiger partial charge in [-0.3, -0.25) is 4.79 Å². The van der Waals surface area contributed by atoms with Crippen LogP contribution >= 0.6 is 11.3 Å². The molecule has 1 aromatic carbocycles. The number of hydrogen-bond acceptors (Lipinski definition) is 7. The van der Waals surface area contributed by atoms with Crippen LogP contribution in [0.15, 0.2) is 40.6 Å². The average Bonchev–Trinajstić information content (AvgIpc) is 3.12. The minimum absolute atomic E-state index is 0.0517. The van der Waals surface area contributed by atoms with Crippen molar-refractivity contribution in [3.8, 4) is 0 Å². The summed E-state index contributed by atoms with van der Waals surface area (Å²) >= 11 is 0.904. The first-order valence-electron chi connectivity index (χ1n) is 7.29. The van der Waals surface area contributed by atoms with Crippen molar-refractivity contribution in [2.75, 3.05) is 14.2 Å². The lowest BCUT2D eigenvalue weighted by molar-refractivity contribution is -0.142. The van der Waals surface area contributed by atoms with Crippen molar-refractivity contribution < 1.29 is 31.9 Å². The molecule has 140 valence electrons. The lowest BCUT2D eigenvalue weighted by Gasteiger charge is -2.17. The van der Waals surface area contributed by atoms with E-state index in [0.29, 0.717) is 5.56 Å². The van der Waals surface area contributed by atoms with Crippen molar-refractivity contribution in [2.24, 2.45) is 0 Å². The van der Waals surface area contributed by atoms with Crippen LogP contribution in [0.25, 0.3) is 0 Å². The zero-order valence-corrected chi connectivity index (χ0v) is 15.5. The van der Waals surface area contributed by atoms with Crippen LogP contribution in [0.1, 0.15) is 15.2 Å². The van der Waals surface area contributed by atoms with Crippen molar-refractivity contribution in [2.45, 2.75) is 17.4 Å². The van der Waals surface area contributed by atoms with Crippen LogP contribution in [0, 0.1) is 5.82 Å². The van der Waals surface area contributed by atoms with E-state index in [1.54, 1.807) is 0 Å². The summed E-state index contributed by atoms with van der Waals surface area (Å²) in [5, 5.41) is 1.42. The van der Waals surface area contributed by atoms with Crippen LogP contribution in [0.2, 0.25) is 0 Å². The van der Waals surface area contributed by atoms with Crippen LogP contribution in [0.3, 0.4) is 0 Å². The fraction of sp³-hybridized carbons (Fsp3) is 0.250. The molecule has 0 saturated carbocycles. The van der Waals surface area contributed by atoms with E-state index >= 15 is 0 Å². The van der Waals surface area contributed by atoms with Crippen molar-refractivity contribution in [1.29, 1.82) is 0 Å². The number of carbonyl (C=O) groups is 2. The summed E-state index contributed by atoms with van der Waals surface area (Å²) in [5.41, 5.74) is 0.531. The standard InChI is InChI=1S/C16H16FNO6S2/c1-23-15(19)12(9-10-3-5-11(17)6-4-10)18-26(21,22)13-7-8-25-14(13)16(20)24-2/h3-8,12,18H,9H2,1-2H3. The van der Waals surface area contributed by atoms with E-state index in [1.165, 1.54) is 35.7 Å². The van der Waals surface area contributed by atoms with E-state index in [9.17, 15) is 22.4 Å². The van der Waals surface area contributed by atoms with Crippen LogP contribution in [0.5, 0.6) is 0 Å². The Kier molecular flexibility index (Phi) is 6.46. The summed E-state index contributed by atoms with van der Waals surface area (Å²) in [6.45, 7) is 0. The van der Waals surface area contributed by atoms with E-state index < -0.39 is 33.8 Å². The van der Waals surface area contributed by atoms with Gasteiger partial charge in [-0.05, 0) is 35.6 Å². The summed E-state index contributed by atoms with van der Waals surface area (Å²) in [5.74, 6) is -2.06. The maximum Gasteiger partial charge on any atom is 0.349 e. The SMILES string of the molecule is COC(=O)c1sccc1S(=O)(=O)NC(Cc1ccc(F)cc1)C(=O)OC. The lowest BCUT2D eigenvalue weighted by atomic mass is 10.1. The summed E-state index contributed by atoms with van der Waals surface area (Å²) in [6, 6.07) is 5.26. The molecule has 2 rings (SSSR count). The van der Waals surface area contributed by atoms with Crippen LogP contribution in [-0.4, -0.2) is 40.6 Å². The number of halogens is 1. The lowest BCUT2D eigenvalue weighted by Crippen LogP contribution is -2.43. The van der Waals surface area contributed by atoms with Gasteiger partial charge in [0.1, 0.15) is 21.6 Å². The molecule has 0 amide bonds. The van der Waals surface area contributed by atoms with E-state index in [0.717, 1.165) is 25.6 Å². The van der Waals surface area contributed by atoms with Crippen LogP contribution in [-0.2, 0) is 30.7 Å². The first kappa shape index (κ1) is 20.0. The van der Waals surface area contributed by atoms with Gasteiger partial charge in [-0.15, -0.1) is 11.3 Å². The summed E-state index contributed by atoms with van der Waals surface area (Å²) in [6.07, 6.45) is -0.0517. The first-order chi connectivity index (χ1) is 12.3. The number of esters is 2. The maximum atomic E-state index is 13.0. The summed E-state index contributed by atoms with van der Waals surface area (Å²) < 4.78 is 49.7. The smallest absolute Gasteiger partial charge is 0.349 e. The number of ether oxygens (including phenoxy) is 2. The van der Waals surface area contributed by atoms with Crippen LogP contribution in [0.4, 0.5) is 4.39 Å². The fourth-order valence-electron chi connectivity index (χ4n) is 2.17. The topological polar surface area (TPSA) is 98.8 Å². The zero-order chi connectivity index (χ0) is 19.3. The molecular formula is C16H16FNO6S2. The molecule has 0 aliphatic heterocycles. The highest BCUT2D eigenvalue weighted by atomic mass is 32.2. The fourth-order valence-corrected chi connectivity index (χ4v) is 4.69. The van der Waals surface area contributed by atoms with Gasteiger partial charge < -0.3 is 9.47 Å². The molecule has 2 aromatic rings. The number of methoxy groups -OCH3 is 2. The van der Waals surface area contributed by atoms with E-state index in [2.05, 4.69) is 14.2 Å². The predicted molar refractivity (Wildman–Crippen MR) is 91.9 cm³/mol. The van der Waals surface area contributed by atoms with Crippen molar-refractivity contribution in [3.63, 3.8) is 0 Å². The quantitative estimate of drug-likeness (QED) is 0.710. The number of thiophene rings is 1. The van der Waals surface area contributed by atoms with Gasteiger partial charge in [0.05, 0.1) is 14.2 Å². The highest BCUT2D eigenvalue weighted by molar-refractivity contribution is 7.89. The van der Waals surface area contributed by atoms with Crippen molar-refractivity contribution in [1.82, 2.24) is 4.72 Å². The van der Waals surface area contributed by atoms with Gasteiger partial charge in [-0.1, -0.05) is 12.1 Å². The van der Waals surface area contributed by atoms with Gasteiger partial charge in [-0.2, -0.15) is 4.72 Å².